The molecule has 0 amide bonds. The minimum atomic E-state index is -2.76. The molecule has 0 aromatic carbocycles. The summed E-state index contributed by atoms with van der Waals surface area (Å²) in [7, 11) is 1.16. The molecule has 340 valence electrons. The molecule has 19 nitrogen and oxygen atoms in total. The first kappa shape index (κ1) is 44.1. The number of esters is 6. The molecule has 2 unspecified atom stereocenters. The van der Waals surface area contributed by atoms with Crippen molar-refractivity contribution in [3.8, 4) is 0 Å². The molecule has 62 heavy (non-hydrogen) atoms. The Labute approximate surface area is 356 Å². The third-order valence-electron chi connectivity index (χ3n) is 15.3. The highest BCUT2D eigenvalue weighted by atomic mass is 16.9. The van der Waals surface area contributed by atoms with Crippen molar-refractivity contribution in [1.82, 2.24) is 0 Å². The summed E-state index contributed by atoms with van der Waals surface area (Å²) in [5, 5.41) is 37.6. The molecule has 0 radical (unpaired) electrons. The lowest BCUT2D eigenvalue weighted by Gasteiger charge is -2.78. The molecule has 7 aliphatic rings. The molecule has 15 atom stereocenters. The molecule has 19 heteroatoms. The predicted molar refractivity (Wildman–Crippen MR) is 202 cm³/mol. The van der Waals surface area contributed by atoms with Crippen LogP contribution in [0.4, 0.5) is 0 Å². The number of rotatable bonds is 9. The fourth-order valence-corrected chi connectivity index (χ4v) is 13.7. The van der Waals surface area contributed by atoms with Gasteiger partial charge in [0, 0.05) is 62.3 Å². The number of carbonyl (C=O) groups is 6. The highest BCUT2D eigenvalue weighted by Crippen LogP contribution is 2.90. The zero-order valence-corrected chi connectivity index (χ0v) is 36.6. The third-order valence-corrected chi connectivity index (χ3v) is 15.3. The number of hydrogen-bond acceptors (Lipinski definition) is 19. The summed E-state index contributed by atoms with van der Waals surface area (Å²) in [6.45, 7) is 14.9. The second-order valence-corrected chi connectivity index (χ2v) is 19.6. The van der Waals surface area contributed by atoms with Crippen LogP contribution in [-0.2, 0) is 71.4 Å². The molecule has 1 aromatic heterocycles. The van der Waals surface area contributed by atoms with E-state index in [1.54, 1.807) is 27.7 Å². The molecule has 2 spiro atoms. The Morgan fingerprint density at radius 1 is 0.903 bits per heavy atom. The fourth-order valence-electron chi connectivity index (χ4n) is 13.7. The molecule has 8 rings (SSSR count). The van der Waals surface area contributed by atoms with Crippen LogP contribution in [0.1, 0.15) is 101 Å². The summed E-state index contributed by atoms with van der Waals surface area (Å²) < 4.78 is 63.7. The molecule has 3 N–H and O–H groups in total. The maximum Gasteiger partial charge on any atom is 0.338 e. The number of carbonyl (C=O) groups excluding carboxylic acids is 6. The maximum absolute atomic E-state index is 15.0. The lowest BCUT2D eigenvalue weighted by molar-refractivity contribution is -0.490. The number of hydrogen-bond donors (Lipinski definition) is 3. The number of cyclic esters (lactones) is 1. The SMILES string of the molecule is COC(=O)C[C@H]1[C@@]2(C)CC34OC5(C)O[C@]6([C@@H]7/C(=C(/O)C(C)C)C(=O)O[C@@H](c8ccoc8)[C@]7(C)[C@@H](OC(C)=O)[C@@H](OC(C)=O)[C@]6(O5)[C@]13C)[C@H](OC(C)=O)[C@@]4(O)[C@H]2OC(=O)C(C)(C)O. The van der Waals surface area contributed by atoms with Crippen LogP contribution in [0.2, 0.25) is 0 Å². The average Bonchev–Trinajstić information content (AvgIpc) is 3.85. The largest absolute Gasteiger partial charge is 0.511 e. The number of furan rings is 1. The van der Waals surface area contributed by atoms with Crippen molar-refractivity contribution in [2.75, 3.05) is 7.11 Å². The van der Waals surface area contributed by atoms with Crippen LogP contribution in [0.3, 0.4) is 0 Å². The molecule has 7 fully saturated rings. The molecule has 4 heterocycles. The van der Waals surface area contributed by atoms with Gasteiger partial charge in [-0.1, -0.05) is 34.6 Å². The van der Waals surface area contributed by atoms with Gasteiger partial charge in [-0.05, 0) is 32.3 Å². The summed E-state index contributed by atoms with van der Waals surface area (Å²) in [5.74, 6) is -12.6. The van der Waals surface area contributed by atoms with Gasteiger partial charge >= 0.3 is 35.8 Å². The van der Waals surface area contributed by atoms with Crippen LogP contribution in [0, 0.1) is 34.0 Å². The average molecular weight is 875 g/mol. The molecule has 3 aliphatic heterocycles. The maximum atomic E-state index is 15.0. The van der Waals surface area contributed by atoms with Crippen LogP contribution in [0.5, 0.6) is 0 Å². The molecular formula is C43H54O19. The van der Waals surface area contributed by atoms with Gasteiger partial charge in [-0.3, -0.25) is 19.2 Å². The minimum absolute atomic E-state index is 0.209. The predicted octanol–water partition coefficient (Wildman–Crippen LogP) is 2.78. The topological polar surface area (TPSA) is 259 Å². The highest BCUT2D eigenvalue weighted by Gasteiger charge is 3.07. The first-order valence-electron chi connectivity index (χ1n) is 20.6. The molecule has 1 aromatic rings. The molecule has 4 saturated carbocycles. The number of aliphatic hydroxyl groups excluding tert-OH is 1. The van der Waals surface area contributed by atoms with Crippen molar-refractivity contribution in [3.63, 3.8) is 0 Å². The Balaban J connectivity index is 1.62. The number of methoxy groups -OCH3 is 1. The zero-order chi connectivity index (χ0) is 45.9. The van der Waals surface area contributed by atoms with Crippen molar-refractivity contribution < 1.29 is 91.1 Å². The lowest BCUT2D eigenvalue weighted by atomic mass is 9.32. The van der Waals surface area contributed by atoms with E-state index in [2.05, 4.69) is 0 Å². The van der Waals surface area contributed by atoms with Gasteiger partial charge < -0.3 is 62.4 Å². The van der Waals surface area contributed by atoms with Gasteiger partial charge in [-0.25, -0.2) is 9.59 Å². The van der Waals surface area contributed by atoms with Crippen LogP contribution in [0.25, 0.3) is 0 Å². The summed E-state index contributed by atoms with van der Waals surface area (Å²) in [5.41, 5.74) is -17.9. The van der Waals surface area contributed by atoms with Gasteiger partial charge in [-0.15, -0.1) is 0 Å². The van der Waals surface area contributed by atoms with Gasteiger partial charge in [0.25, 0.3) is 5.97 Å². The Morgan fingerprint density at radius 3 is 2.05 bits per heavy atom. The number of ether oxygens (including phenoxy) is 9. The van der Waals surface area contributed by atoms with E-state index >= 15 is 0 Å². The smallest absolute Gasteiger partial charge is 0.338 e. The molecular weight excluding hydrogens is 820 g/mol. The normalized spacial score (nSPS) is 46.3. The van der Waals surface area contributed by atoms with E-state index in [4.69, 9.17) is 47.0 Å². The second-order valence-electron chi connectivity index (χ2n) is 19.6. The first-order chi connectivity index (χ1) is 28.6. The van der Waals surface area contributed by atoms with E-state index in [1.807, 2.05) is 0 Å². The number of aliphatic hydroxyl groups is 3. The standard InChI is InChI=1S/C43H54O19/c1-18(2)26(48)25-27-37(9,28(58-31(25)49)22-13-14-54-16-22)29(55-19(3)44)30(56-20(4)45)43-38(10)23(15-24(47)53-12)36(8)17-40(38)41(52,32(36)59-34(50)35(6,7)51)33(57-21(5)46)42(27,43)61-39(11,60-40)62-43/h13-14,16,18,23,27-30,32-33,48,51-52H,15,17H2,1-12H3/b26-25-/t23-,27+,28-,29-,30+,32-,33+,36+,37+,38+,39?,40?,41-,42+,43-/m0/s1. The van der Waals surface area contributed by atoms with Crippen LogP contribution in [-0.4, -0.2) is 117 Å². The van der Waals surface area contributed by atoms with E-state index in [1.165, 1.54) is 46.3 Å². The summed E-state index contributed by atoms with van der Waals surface area (Å²) in [4.78, 5) is 83.9. The number of fused-ring (bicyclic) bond motifs is 3. The van der Waals surface area contributed by atoms with Crippen molar-refractivity contribution in [1.29, 1.82) is 0 Å². The van der Waals surface area contributed by atoms with Crippen molar-refractivity contribution in [3.05, 3.63) is 35.5 Å². The second kappa shape index (κ2) is 13.0. The summed E-state index contributed by atoms with van der Waals surface area (Å²) in [6.07, 6.45) is -7.27. The fraction of sp³-hybridized carbons (Fsp3) is 0.721. The van der Waals surface area contributed by atoms with Gasteiger partial charge in [0.2, 0.25) is 0 Å². The van der Waals surface area contributed by atoms with E-state index in [-0.39, 0.29) is 12.0 Å². The highest BCUT2D eigenvalue weighted by molar-refractivity contribution is 5.92. The zero-order valence-electron chi connectivity index (χ0n) is 36.6. The van der Waals surface area contributed by atoms with Crippen molar-refractivity contribution in [2.45, 2.75) is 154 Å². The Bertz CT molecular complexity index is 2190. The van der Waals surface area contributed by atoms with Gasteiger partial charge in [0.05, 0.1) is 30.6 Å². The third kappa shape index (κ3) is 4.83. The van der Waals surface area contributed by atoms with Crippen LogP contribution < -0.4 is 0 Å². The summed E-state index contributed by atoms with van der Waals surface area (Å²) in [6, 6.07) is 1.48. The van der Waals surface area contributed by atoms with Gasteiger partial charge in [0.15, 0.2) is 40.7 Å². The van der Waals surface area contributed by atoms with E-state index in [0.717, 1.165) is 27.9 Å². The Hall–Kier alpha value is -4.56. The molecule has 4 bridgehead atoms. The van der Waals surface area contributed by atoms with Gasteiger partial charge in [-0.2, -0.15) is 0 Å². The van der Waals surface area contributed by atoms with Crippen LogP contribution in [0.15, 0.2) is 34.3 Å². The monoisotopic (exact) mass is 874 g/mol. The van der Waals surface area contributed by atoms with E-state index in [0.29, 0.717) is 0 Å². The Morgan fingerprint density at radius 2 is 1.52 bits per heavy atom. The van der Waals surface area contributed by atoms with E-state index < -0.39 is 152 Å². The van der Waals surface area contributed by atoms with E-state index in [9.17, 15) is 44.1 Å². The minimum Gasteiger partial charge on any atom is -0.511 e. The quantitative estimate of drug-likeness (QED) is 0.139. The van der Waals surface area contributed by atoms with Crippen molar-refractivity contribution in [2.24, 2.45) is 34.0 Å². The first-order valence-corrected chi connectivity index (χ1v) is 20.6. The lowest BCUT2D eigenvalue weighted by Crippen LogP contribution is -2.97. The molecule has 3 saturated heterocycles. The number of allylic oxidation sites excluding steroid dienone is 1. The van der Waals surface area contributed by atoms with Gasteiger partial charge in [0.1, 0.15) is 23.6 Å². The Kier molecular flexibility index (Phi) is 9.25. The van der Waals surface area contributed by atoms with Crippen LogP contribution >= 0.6 is 0 Å². The summed E-state index contributed by atoms with van der Waals surface area (Å²) >= 11 is 0. The molecule has 4 aliphatic carbocycles. The van der Waals surface area contributed by atoms with Crippen molar-refractivity contribution >= 4 is 35.8 Å².